The van der Waals surface area contributed by atoms with Crippen LogP contribution in [0.4, 0.5) is 0 Å². The highest BCUT2D eigenvalue weighted by Crippen LogP contribution is 2.44. The van der Waals surface area contributed by atoms with Gasteiger partial charge in [0.15, 0.2) is 0 Å². The molecule has 0 fully saturated rings. The van der Waals surface area contributed by atoms with Gasteiger partial charge in [-0.2, -0.15) is 4.65 Å². The van der Waals surface area contributed by atoms with Gasteiger partial charge in [0.2, 0.25) is 0 Å². The molecule has 0 bridgehead atoms. The number of carbonyl (C=O) groups is 1. The third-order valence-corrected chi connectivity index (χ3v) is 3.62. The molecule has 11 nitrogen and oxygen atoms in total. The molecule has 0 saturated heterocycles. The Kier molecular flexibility index (Phi) is 11.8. The summed E-state index contributed by atoms with van der Waals surface area (Å²) in [6.07, 6.45) is 0. The van der Waals surface area contributed by atoms with Crippen LogP contribution in [0.2, 0.25) is 0 Å². The van der Waals surface area contributed by atoms with E-state index in [-0.39, 0.29) is 23.4 Å². The summed E-state index contributed by atoms with van der Waals surface area (Å²) in [5.41, 5.74) is 0.0523. The van der Waals surface area contributed by atoms with Crippen LogP contribution in [-0.2, 0) is 37.2 Å². The summed E-state index contributed by atoms with van der Waals surface area (Å²) in [4.78, 5) is 32.3. The monoisotopic (exact) mass is 394 g/mol. The van der Waals surface area contributed by atoms with Crippen molar-refractivity contribution < 1.29 is 51.6 Å². The molecule has 0 aromatic rings. The Hall–Kier alpha value is -0.610. The highest BCUT2D eigenvalue weighted by atomic mass is 31.2. The van der Waals surface area contributed by atoms with E-state index in [1.807, 2.05) is 0 Å². The number of phosphoric acid groups is 2. The van der Waals surface area contributed by atoms with E-state index in [0.29, 0.717) is 0 Å². The number of rotatable bonds is 9. The molecular weight excluding hydrogens is 368 g/mol. The molecule has 0 saturated carbocycles. The molecule has 2 atom stereocenters. The molecule has 0 heterocycles. The number of carbonyl (C=O) groups excluding carboxylic acids is 1. The van der Waals surface area contributed by atoms with E-state index >= 15 is 0 Å². The van der Waals surface area contributed by atoms with Gasteiger partial charge in [-0.25, -0.2) is 13.9 Å². The predicted octanol–water partition coefficient (Wildman–Crippen LogP) is 1.94. The molecule has 13 heteroatoms. The fraction of sp³-hybridized carbons (Fsp3) is 0.727. The minimum Gasteiger partial charge on any atom is -0.300 e. The SMILES string of the molecule is C=C(C)C(=O)OOP(=O)(O)OCC.CCOP(=O)(O)O[N+](C)(C)C. The van der Waals surface area contributed by atoms with Crippen LogP contribution in [0.15, 0.2) is 12.2 Å². The lowest BCUT2D eigenvalue weighted by Gasteiger charge is -2.22. The van der Waals surface area contributed by atoms with E-state index in [1.54, 1.807) is 28.1 Å². The fourth-order valence-corrected chi connectivity index (χ4v) is 2.36. The number of hydroxylamine groups is 3. The Bertz CT molecular complexity index is 502. The van der Waals surface area contributed by atoms with E-state index in [1.165, 1.54) is 13.8 Å². The summed E-state index contributed by atoms with van der Waals surface area (Å²) in [6, 6.07) is 0. The number of hydrogen-bond acceptors (Lipinski definition) is 8. The molecule has 144 valence electrons. The zero-order valence-electron chi connectivity index (χ0n) is 14.6. The van der Waals surface area contributed by atoms with Gasteiger partial charge in [-0.05, 0) is 20.8 Å². The molecule has 0 aliphatic carbocycles. The molecule has 0 aromatic heterocycles. The van der Waals surface area contributed by atoms with E-state index in [2.05, 4.69) is 25.2 Å². The first kappa shape index (κ1) is 25.6. The van der Waals surface area contributed by atoms with Crippen LogP contribution >= 0.6 is 15.6 Å². The van der Waals surface area contributed by atoms with Gasteiger partial charge in [-0.15, -0.1) is 0 Å². The normalized spacial score (nSPS) is 16.2. The summed E-state index contributed by atoms with van der Waals surface area (Å²) in [5.74, 6) is -0.922. The zero-order valence-corrected chi connectivity index (χ0v) is 16.4. The molecule has 24 heavy (non-hydrogen) atoms. The number of hydrogen-bond donors (Lipinski definition) is 2. The molecule has 0 aliphatic rings. The average Bonchev–Trinajstić information content (AvgIpc) is 2.33. The van der Waals surface area contributed by atoms with E-state index in [0.717, 1.165) is 0 Å². The van der Waals surface area contributed by atoms with Crippen LogP contribution in [0.25, 0.3) is 0 Å². The first-order chi connectivity index (χ1) is 10.7. The van der Waals surface area contributed by atoms with Crippen molar-refractivity contribution in [3.05, 3.63) is 12.2 Å². The molecular formula is C11H26NO10P2+. The van der Waals surface area contributed by atoms with Crippen LogP contribution < -0.4 is 0 Å². The second-order valence-corrected chi connectivity index (χ2v) is 7.67. The third kappa shape index (κ3) is 16.3. The number of quaternary nitrogens is 1. The summed E-state index contributed by atoms with van der Waals surface area (Å²) in [7, 11) is -3.23. The van der Waals surface area contributed by atoms with Gasteiger partial charge in [0.05, 0.1) is 34.4 Å². The Morgan fingerprint density at radius 1 is 1.04 bits per heavy atom. The Morgan fingerprint density at radius 2 is 1.46 bits per heavy atom. The van der Waals surface area contributed by atoms with Crippen molar-refractivity contribution in [2.45, 2.75) is 20.8 Å². The molecule has 0 radical (unpaired) electrons. The van der Waals surface area contributed by atoms with Crippen LogP contribution in [-0.4, -0.2) is 54.8 Å². The lowest BCUT2D eigenvalue weighted by molar-refractivity contribution is -1.04. The smallest absolute Gasteiger partial charge is 0.300 e. The predicted molar refractivity (Wildman–Crippen MR) is 84.0 cm³/mol. The van der Waals surface area contributed by atoms with Crippen molar-refractivity contribution in [2.75, 3.05) is 34.4 Å². The van der Waals surface area contributed by atoms with Crippen LogP contribution in [0.3, 0.4) is 0 Å². The van der Waals surface area contributed by atoms with Gasteiger partial charge < -0.3 is 4.89 Å². The van der Waals surface area contributed by atoms with E-state index in [4.69, 9.17) is 14.4 Å². The van der Waals surface area contributed by atoms with Gasteiger partial charge in [-0.1, -0.05) is 15.9 Å². The Morgan fingerprint density at radius 3 is 1.79 bits per heavy atom. The first-order valence-electron chi connectivity index (χ1n) is 6.69. The highest BCUT2D eigenvalue weighted by molar-refractivity contribution is 7.47. The fourth-order valence-electron chi connectivity index (χ4n) is 0.833. The topological polar surface area (TPSA) is 138 Å². The second kappa shape index (κ2) is 11.1. The first-order valence-corrected chi connectivity index (χ1v) is 9.68. The largest absolute Gasteiger partial charge is 0.518 e. The van der Waals surface area contributed by atoms with Gasteiger partial charge in [-0.3, -0.25) is 18.8 Å². The molecule has 0 rings (SSSR count). The number of nitrogens with zero attached hydrogens (tertiary/aromatic N) is 1. The summed E-state index contributed by atoms with van der Waals surface area (Å²) in [5, 5.41) is 0. The van der Waals surface area contributed by atoms with E-state index < -0.39 is 21.6 Å². The lowest BCUT2D eigenvalue weighted by atomic mass is 10.4. The van der Waals surface area contributed by atoms with Crippen molar-refractivity contribution in [3.63, 3.8) is 0 Å². The van der Waals surface area contributed by atoms with Crippen molar-refractivity contribution in [3.8, 4) is 0 Å². The van der Waals surface area contributed by atoms with Gasteiger partial charge in [0.25, 0.3) is 0 Å². The maximum absolute atomic E-state index is 10.9. The molecule has 2 N–H and O–H groups in total. The third-order valence-electron chi connectivity index (χ3n) is 1.49. The van der Waals surface area contributed by atoms with Crippen LogP contribution in [0.5, 0.6) is 0 Å². The van der Waals surface area contributed by atoms with Gasteiger partial charge in [0, 0.05) is 5.57 Å². The Balaban J connectivity index is 0. The maximum atomic E-state index is 10.9. The van der Waals surface area contributed by atoms with Crippen molar-refractivity contribution in [1.82, 2.24) is 0 Å². The molecule has 0 spiro atoms. The highest BCUT2D eigenvalue weighted by Gasteiger charge is 2.29. The van der Waals surface area contributed by atoms with Crippen LogP contribution in [0.1, 0.15) is 20.8 Å². The van der Waals surface area contributed by atoms with Crippen LogP contribution in [0, 0.1) is 0 Å². The summed E-state index contributed by atoms with van der Waals surface area (Å²) < 4.78 is 38.9. The van der Waals surface area contributed by atoms with Gasteiger partial charge >= 0.3 is 21.6 Å². The van der Waals surface area contributed by atoms with E-state index in [9.17, 15) is 13.9 Å². The van der Waals surface area contributed by atoms with Gasteiger partial charge in [0.1, 0.15) is 0 Å². The molecule has 2 unspecified atom stereocenters. The van der Waals surface area contributed by atoms with Crippen molar-refractivity contribution in [1.29, 1.82) is 0 Å². The summed E-state index contributed by atoms with van der Waals surface area (Å²) >= 11 is 0. The average molecular weight is 394 g/mol. The lowest BCUT2D eigenvalue weighted by Crippen LogP contribution is -2.33. The minimum atomic E-state index is -4.27. The summed E-state index contributed by atoms with van der Waals surface area (Å²) in [6.45, 7) is 7.86. The van der Waals surface area contributed by atoms with Crippen molar-refractivity contribution >= 4 is 21.6 Å². The quantitative estimate of drug-likeness (QED) is 0.196. The second-order valence-electron chi connectivity index (χ2n) is 4.97. The standard InChI is InChI=1S/C6H11O6P.C5H14NO4P/c1-4-10-13(8,9)12-11-6(7)5(2)3;1-5-9-11(7,8)10-6(2,3)4/h2,4H2,1,3H3,(H,8,9);5H2,1-4H3/p+1. The Labute approximate surface area is 141 Å². The molecule has 0 amide bonds. The minimum absolute atomic E-state index is 0.0294. The molecule has 0 aromatic carbocycles. The van der Waals surface area contributed by atoms with Crippen molar-refractivity contribution in [2.24, 2.45) is 0 Å². The molecule has 0 aliphatic heterocycles. The maximum Gasteiger partial charge on any atom is 0.518 e. The zero-order chi connectivity index (χ0) is 19.6. The number of phosphoric ester groups is 2.